The van der Waals surface area contributed by atoms with E-state index in [1.807, 2.05) is 0 Å². The number of aliphatic hydroxyl groups is 1. The van der Waals surface area contributed by atoms with Crippen molar-refractivity contribution in [1.29, 1.82) is 0 Å². The quantitative estimate of drug-likeness (QED) is 0.668. The van der Waals surface area contributed by atoms with Crippen LogP contribution in [-0.4, -0.2) is 63.2 Å². The fourth-order valence-corrected chi connectivity index (χ4v) is 4.71. The molecule has 0 aromatic carbocycles. The molecule has 0 aromatic heterocycles. The highest BCUT2D eigenvalue weighted by Crippen LogP contribution is 2.11. The van der Waals surface area contributed by atoms with Gasteiger partial charge >= 0.3 is 0 Å². The number of hydrogen-bond acceptors (Lipinski definition) is 5. The molecule has 0 atom stereocenters. The Morgan fingerprint density at radius 3 is 2.47 bits per heavy atom. The molecule has 1 saturated heterocycles. The molecule has 1 aliphatic rings. The zero-order valence-electron chi connectivity index (χ0n) is 9.71. The van der Waals surface area contributed by atoms with Gasteiger partial charge in [0, 0.05) is 19.7 Å². The first kappa shape index (κ1) is 14.9. The topological polar surface area (TPSA) is 91.8 Å². The van der Waals surface area contributed by atoms with Crippen LogP contribution in [0.15, 0.2) is 0 Å². The van der Waals surface area contributed by atoms with Crippen molar-refractivity contribution in [3.05, 3.63) is 0 Å². The van der Waals surface area contributed by atoms with Crippen molar-refractivity contribution in [2.45, 2.75) is 19.3 Å². The van der Waals surface area contributed by atoms with Crippen LogP contribution < -0.4 is 0 Å². The molecule has 1 aliphatic heterocycles. The second kappa shape index (κ2) is 6.12. The molecule has 1 rings (SSSR count). The first-order valence-electron chi connectivity index (χ1n) is 5.66. The van der Waals surface area contributed by atoms with Gasteiger partial charge < -0.3 is 5.11 Å². The Bertz CT molecular complexity index is 428. The molecule has 0 saturated carbocycles. The maximum atomic E-state index is 11.9. The van der Waals surface area contributed by atoms with Crippen molar-refractivity contribution in [2.24, 2.45) is 0 Å². The third-order valence-corrected chi connectivity index (χ3v) is 6.39. The summed E-state index contributed by atoms with van der Waals surface area (Å²) in [7, 11) is -6.46. The van der Waals surface area contributed by atoms with Crippen LogP contribution in [-0.2, 0) is 19.9 Å². The molecule has 0 unspecified atom stereocenters. The molecule has 6 nitrogen and oxygen atoms in total. The standard InChI is InChI=1S/C9H19NO5S2/c11-6-1-2-8-17(14,15)10-4-3-7-16(12,13)9-5-10/h11H,1-9H2. The van der Waals surface area contributed by atoms with Gasteiger partial charge in [0.1, 0.15) is 0 Å². The molecule has 0 radical (unpaired) electrons. The van der Waals surface area contributed by atoms with Gasteiger partial charge in [0.15, 0.2) is 9.84 Å². The lowest BCUT2D eigenvalue weighted by molar-refractivity contribution is 0.287. The number of hydrogen-bond donors (Lipinski definition) is 1. The predicted molar refractivity (Wildman–Crippen MR) is 65.0 cm³/mol. The molecule has 1 N–H and O–H groups in total. The molecule has 8 heteroatoms. The smallest absolute Gasteiger partial charge is 0.214 e. The van der Waals surface area contributed by atoms with E-state index in [1.54, 1.807) is 0 Å². The van der Waals surface area contributed by atoms with E-state index in [2.05, 4.69) is 0 Å². The fraction of sp³-hybridized carbons (Fsp3) is 1.00. The molecule has 1 heterocycles. The highest BCUT2D eigenvalue weighted by molar-refractivity contribution is 7.91. The van der Waals surface area contributed by atoms with Crippen LogP contribution in [0.25, 0.3) is 0 Å². The lowest BCUT2D eigenvalue weighted by atomic mass is 10.4. The average molecular weight is 285 g/mol. The van der Waals surface area contributed by atoms with Crippen LogP contribution in [0.3, 0.4) is 0 Å². The van der Waals surface area contributed by atoms with Gasteiger partial charge in [-0.25, -0.2) is 21.1 Å². The summed E-state index contributed by atoms with van der Waals surface area (Å²) in [6.07, 6.45) is 1.22. The van der Waals surface area contributed by atoms with Gasteiger partial charge in [-0.05, 0) is 19.3 Å². The number of rotatable bonds is 5. The number of sulfonamides is 1. The van der Waals surface area contributed by atoms with Crippen LogP contribution in [0, 0.1) is 0 Å². The van der Waals surface area contributed by atoms with Crippen LogP contribution in [0.1, 0.15) is 19.3 Å². The summed E-state index contributed by atoms with van der Waals surface area (Å²) in [6.45, 7) is 0.314. The monoisotopic (exact) mass is 285 g/mol. The van der Waals surface area contributed by atoms with E-state index in [9.17, 15) is 16.8 Å². The minimum atomic E-state index is -3.37. The average Bonchev–Trinajstić information content (AvgIpc) is 2.40. The summed E-state index contributed by atoms with van der Waals surface area (Å²) in [4.78, 5) is 0. The van der Waals surface area contributed by atoms with Gasteiger partial charge in [-0.15, -0.1) is 0 Å². The SMILES string of the molecule is O=S1(=O)CCCN(S(=O)(=O)CCCCO)CC1. The van der Waals surface area contributed by atoms with Crippen LogP contribution in [0.2, 0.25) is 0 Å². The van der Waals surface area contributed by atoms with E-state index >= 15 is 0 Å². The molecule has 0 spiro atoms. The lowest BCUT2D eigenvalue weighted by Gasteiger charge is -2.19. The highest BCUT2D eigenvalue weighted by atomic mass is 32.2. The minimum Gasteiger partial charge on any atom is -0.396 e. The number of unbranched alkanes of at least 4 members (excludes halogenated alkanes) is 1. The van der Waals surface area contributed by atoms with E-state index in [0.29, 0.717) is 19.3 Å². The Morgan fingerprint density at radius 1 is 1.12 bits per heavy atom. The summed E-state index contributed by atoms with van der Waals surface area (Å²) in [5.41, 5.74) is 0. The van der Waals surface area contributed by atoms with Gasteiger partial charge in [-0.1, -0.05) is 0 Å². The van der Waals surface area contributed by atoms with Crippen LogP contribution in [0.5, 0.6) is 0 Å². The summed E-state index contributed by atoms with van der Waals surface area (Å²) in [6, 6.07) is 0. The third kappa shape index (κ3) is 4.90. The lowest BCUT2D eigenvalue weighted by Crippen LogP contribution is -2.35. The predicted octanol–water partition coefficient (Wildman–Crippen LogP) is -0.791. The fourth-order valence-electron chi connectivity index (χ4n) is 1.72. The Morgan fingerprint density at radius 2 is 1.82 bits per heavy atom. The van der Waals surface area contributed by atoms with Crippen molar-refractivity contribution in [1.82, 2.24) is 4.31 Å². The molecule has 0 bridgehead atoms. The molecule has 17 heavy (non-hydrogen) atoms. The molecule has 0 aliphatic carbocycles. The second-order valence-corrected chi connectivity index (χ2v) is 8.54. The normalized spacial score (nSPS) is 22.2. The molecule has 1 fully saturated rings. The molecule has 0 aromatic rings. The zero-order chi connectivity index (χ0) is 12.9. The van der Waals surface area contributed by atoms with Gasteiger partial charge in [-0.3, -0.25) is 0 Å². The third-order valence-electron chi connectivity index (χ3n) is 2.72. The first-order chi connectivity index (χ1) is 7.87. The largest absolute Gasteiger partial charge is 0.396 e. The number of sulfone groups is 1. The highest BCUT2D eigenvalue weighted by Gasteiger charge is 2.26. The van der Waals surface area contributed by atoms with Gasteiger partial charge in [0.25, 0.3) is 0 Å². The molecule has 102 valence electrons. The number of aliphatic hydroxyl groups excluding tert-OH is 1. The van der Waals surface area contributed by atoms with E-state index < -0.39 is 19.9 Å². The van der Waals surface area contributed by atoms with E-state index in [4.69, 9.17) is 5.11 Å². The van der Waals surface area contributed by atoms with Gasteiger partial charge in [-0.2, -0.15) is 0 Å². The second-order valence-electron chi connectivity index (χ2n) is 4.15. The van der Waals surface area contributed by atoms with Crippen LogP contribution >= 0.6 is 0 Å². The van der Waals surface area contributed by atoms with E-state index in [0.717, 1.165) is 0 Å². The first-order valence-corrected chi connectivity index (χ1v) is 9.09. The zero-order valence-corrected chi connectivity index (χ0v) is 11.3. The van der Waals surface area contributed by atoms with Crippen LogP contribution in [0.4, 0.5) is 0 Å². The maximum Gasteiger partial charge on any atom is 0.214 e. The Balaban J connectivity index is 2.60. The summed E-state index contributed by atoms with van der Waals surface area (Å²) >= 11 is 0. The molecular formula is C9H19NO5S2. The van der Waals surface area contributed by atoms with E-state index in [-0.39, 0.29) is 37.0 Å². The summed E-state index contributed by atoms with van der Waals surface area (Å²) < 4.78 is 47.7. The Kier molecular flexibility index (Phi) is 5.36. The van der Waals surface area contributed by atoms with Gasteiger partial charge in [0.05, 0.1) is 17.3 Å². The van der Waals surface area contributed by atoms with Crippen molar-refractivity contribution in [2.75, 3.05) is 37.0 Å². The minimum absolute atomic E-state index is 0.0202. The Labute approximate surface area is 103 Å². The molecule has 0 amide bonds. The summed E-state index contributed by atoms with van der Waals surface area (Å²) in [5.74, 6) is -0.0461. The summed E-state index contributed by atoms with van der Waals surface area (Å²) in [5, 5.41) is 8.60. The van der Waals surface area contributed by atoms with Crippen molar-refractivity contribution in [3.63, 3.8) is 0 Å². The number of nitrogens with zero attached hydrogens (tertiary/aromatic N) is 1. The van der Waals surface area contributed by atoms with Gasteiger partial charge in [0.2, 0.25) is 10.0 Å². The Hall–Kier alpha value is -0.180. The van der Waals surface area contributed by atoms with Crippen molar-refractivity contribution < 1.29 is 21.9 Å². The maximum absolute atomic E-state index is 11.9. The van der Waals surface area contributed by atoms with E-state index in [1.165, 1.54) is 4.31 Å². The molecular weight excluding hydrogens is 266 g/mol. The van der Waals surface area contributed by atoms with Crippen molar-refractivity contribution >= 4 is 19.9 Å². The van der Waals surface area contributed by atoms with Crippen molar-refractivity contribution in [3.8, 4) is 0 Å².